The number of anilines is 1. The molecule has 154 valence electrons. The molecule has 2 aromatic rings. The van der Waals surface area contributed by atoms with E-state index in [0.717, 1.165) is 11.6 Å². The summed E-state index contributed by atoms with van der Waals surface area (Å²) in [6.45, 7) is 5.23. The average Bonchev–Trinajstić information content (AvgIpc) is 2.67. The minimum absolute atomic E-state index is 0.111. The van der Waals surface area contributed by atoms with Crippen molar-refractivity contribution >= 4 is 23.3 Å². The van der Waals surface area contributed by atoms with Gasteiger partial charge >= 0.3 is 5.97 Å². The molecule has 0 aliphatic carbocycles. The summed E-state index contributed by atoms with van der Waals surface area (Å²) in [5.41, 5.74) is 0.646. The van der Waals surface area contributed by atoms with Crippen LogP contribution in [0.3, 0.4) is 0 Å². The molecular formula is C20H22N2O7. The summed E-state index contributed by atoms with van der Waals surface area (Å²) in [6, 6.07) is 9.36. The van der Waals surface area contributed by atoms with Gasteiger partial charge in [-0.3, -0.25) is 14.9 Å². The molecule has 0 aliphatic rings. The van der Waals surface area contributed by atoms with Gasteiger partial charge in [0.15, 0.2) is 17.6 Å². The molecule has 0 saturated carbocycles. The Hall–Kier alpha value is -3.62. The second-order valence-electron chi connectivity index (χ2n) is 6.12. The Bertz CT molecular complexity index is 927. The van der Waals surface area contributed by atoms with Gasteiger partial charge in [0.1, 0.15) is 5.56 Å². The Labute approximate surface area is 167 Å². The predicted octanol–water partition coefficient (Wildman–Crippen LogP) is 3.49. The molecule has 9 nitrogen and oxygen atoms in total. The molecule has 0 unspecified atom stereocenters. The molecule has 1 amide bonds. The summed E-state index contributed by atoms with van der Waals surface area (Å²) in [4.78, 5) is 35.5. The molecule has 1 N–H and O–H groups in total. The number of nitrogens with zero attached hydrogens (tertiary/aromatic N) is 1. The fourth-order valence-corrected chi connectivity index (χ4v) is 2.54. The number of nitro benzene ring substituents is 1. The number of benzene rings is 2. The van der Waals surface area contributed by atoms with Gasteiger partial charge in [-0.1, -0.05) is 12.1 Å². The fourth-order valence-electron chi connectivity index (χ4n) is 2.54. The first-order chi connectivity index (χ1) is 13.8. The standard InChI is InChI=1S/C20H22N2O7/c1-5-28-18-10-15(16(22(25)26)11-17(18)27-4)20(24)29-13(3)19(23)21-14-8-6-7-12(2)9-14/h6-11,13H,5H2,1-4H3,(H,21,23)/t13-/m0/s1. The van der Waals surface area contributed by atoms with E-state index in [9.17, 15) is 19.7 Å². The van der Waals surface area contributed by atoms with Crippen molar-refractivity contribution in [3.63, 3.8) is 0 Å². The van der Waals surface area contributed by atoms with Crippen LogP contribution in [-0.2, 0) is 9.53 Å². The fraction of sp³-hybridized carbons (Fsp3) is 0.300. The second kappa shape index (κ2) is 9.54. The van der Waals surface area contributed by atoms with Crippen LogP contribution in [0, 0.1) is 17.0 Å². The number of rotatable bonds is 8. The lowest BCUT2D eigenvalue weighted by Gasteiger charge is -2.15. The zero-order chi connectivity index (χ0) is 21.6. The number of hydrogen-bond acceptors (Lipinski definition) is 7. The van der Waals surface area contributed by atoms with E-state index < -0.39 is 28.6 Å². The van der Waals surface area contributed by atoms with Gasteiger partial charge in [0.2, 0.25) is 0 Å². The minimum atomic E-state index is -1.18. The maximum absolute atomic E-state index is 12.5. The van der Waals surface area contributed by atoms with Crippen LogP contribution in [0.5, 0.6) is 11.5 Å². The van der Waals surface area contributed by atoms with Gasteiger partial charge in [0.25, 0.3) is 11.6 Å². The summed E-state index contributed by atoms with van der Waals surface area (Å²) >= 11 is 0. The van der Waals surface area contributed by atoms with Crippen molar-refractivity contribution in [2.75, 3.05) is 19.0 Å². The number of nitrogens with one attached hydrogen (secondary N) is 1. The van der Waals surface area contributed by atoms with Crippen LogP contribution in [0.25, 0.3) is 0 Å². The van der Waals surface area contributed by atoms with E-state index in [0.29, 0.717) is 5.69 Å². The van der Waals surface area contributed by atoms with Gasteiger partial charge in [0.05, 0.1) is 24.7 Å². The van der Waals surface area contributed by atoms with E-state index in [2.05, 4.69) is 5.32 Å². The van der Waals surface area contributed by atoms with Crippen molar-refractivity contribution in [2.24, 2.45) is 0 Å². The van der Waals surface area contributed by atoms with E-state index in [1.165, 1.54) is 20.1 Å². The third kappa shape index (κ3) is 5.44. The molecule has 1 atom stereocenters. The largest absolute Gasteiger partial charge is 0.493 e. The zero-order valence-corrected chi connectivity index (χ0v) is 16.6. The number of nitro groups is 1. The van der Waals surface area contributed by atoms with Crippen molar-refractivity contribution < 1.29 is 28.7 Å². The number of methoxy groups -OCH3 is 1. The normalized spacial score (nSPS) is 11.3. The first-order valence-corrected chi connectivity index (χ1v) is 8.84. The van der Waals surface area contributed by atoms with Crippen LogP contribution >= 0.6 is 0 Å². The van der Waals surface area contributed by atoms with Gasteiger partial charge in [-0.25, -0.2) is 4.79 Å². The molecule has 2 aromatic carbocycles. The summed E-state index contributed by atoms with van der Waals surface area (Å²) in [5, 5.41) is 14.0. The molecule has 0 radical (unpaired) electrons. The van der Waals surface area contributed by atoms with Crippen molar-refractivity contribution in [1.82, 2.24) is 0 Å². The molecule has 0 aromatic heterocycles. The molecule has 0 heterocycles. The molecule has 0 saturated heterocycles. The summed E-state index contributed by atoms with van der Waals surface area (Å²) in [6.07, 6.45) is -1.18. The highest BCUT2D eigenvalue weighted by molar-refractivity contribution is 5.99. The predicted molar refractivity (Wildman–Crippen MR) is 106 cm³/mol. The number of amides is 1. The molecular weight excluding hydrogens is 380 g/mol. The van der Waals surface area contributed by atoms with Gasteiger partial charge in [-0.15, -0.1) is 0 Å². The average molecular weight is 402 g/mol. The lowest BCUT2D eigenvalue weighted by molar-refractivity contribution is -0.385. The van der Waals surface area contributed by atoms with Gasteiger partial charge in [-0.2, -0.15) is 0 Å². The quantitative estimate of drug-likeness (QED) is 0.408. The van der Waals surface area contributed by atoms with Crippen molar-refractivity contribution in [3.8, 4) is 11.5 Å². The highest BCUT2D eigenvalue weighted by atomic mass is 16.6. The number of carbonyl (C=O) groups is 2. The van der Waals surface area contributed by atoms with Crippen LogP contribution in [-0.4, -0.2) is 36.6 Å². The van der Waals surface area contributed by atoms with E-state index in [1.807, 2.05) is 13.0 Å². The van der Waals surface area contributed by atoms with Crippen LogP contribution in [0.1, 0.15) is 29.8 Å². The Balaban J connectivity index is 2.22. The molecule has 0 bridgehead atoms. The second-order valence-corrected chi connectivity index (χ2v) is 6.12. The van der Waals surface area contributed by atoms with E-state index in [-0.39, 0.29) is 23.7 Å². The first kappa shape index (κ1) is 21.7. The number of carbonyl (C=O) groups excluding carboxylic acids is 2. The highest BCUT2D eigenvalue weighted by Crippen LogP contribution is 2.35. The van der Waals surface area contributed by atoms with E-state index in [4.69, 9.17) is 14.2 Å². The molecule has 2 rings (SSSR count). The zero-order valence-electron chi connectivity index (χ0n) is 16.6. The van der Waals surface area contributed by atoms with Crippen molar-refractivity contribution in [1.29, 1.82) is 0 Å². The maximum Gasteiger partial charge on any atom is 0.346 e. The number of hydrogen-bond donors (Lipinski definition) is 1. The van der Waals surface area contributed by atoms with Gasteiger partial charge in [0, 0.05) is 11.8 Å². The van der Waals surface area contributed by atoms with Crippen LogP contribution in [0.2, 0.25) is 0 Å². The van der Waals surface area contributed by atoms with Crippen molar-refractivity contribution in [2.45, 2.75) is 26.9 Å². The minimum Gasteiger partial charge on any atom is -0.493 e. The lowest BCUT2D eigenvalue weighted by Crippen LogP contribution is -2.30. The highest BCUT2D eigenvalue weighted by Gasteiger charge is 2.28. The smallest absolute Gasteiger partial charge is 0.346 e. The maximum atomic E-state index is 12.5. The van der Waals surface area contributed by atoms with Crippen LogP contribution in [0.4, 0.5) is 11.4 Å². The first-order valence-electron chi connectivity index (χ1n) is 8.84. The Kier molecular flexibility index (Phi) is 7.13. The van der Waals surface area contributed by atoms with Crippen LogP contribution in [0.15, 0.2) is 36.4 Å². The molecule has 0 aliphatic heterocycles. The SMILES string of the molecule is CCOc1cc(C(=O)O[C@@H](C)C(=O)Nc2cccc(C)c2)c([N+](=O)[O-])cc1OC. The number of ether oxygens (including phenoxy) is 3. The van der Waals surface area contributed by atoms with Gasteiger partial charge < -0.3 is 19.5 Å². The topological polar surface area (TPSA) is 117 Å². The van der Waals surface area contributed by atoms with Crippen molar-refractivity contribution in [3.05, 3.63) is 57.6 Å². The molecule has 29 heavy (non-hydrogen) atoms. The Morgan fingerprint density at radius 1 is 1.21 bits per heavy atom. The van der Waals surface area contributed by atoms with E-state index >= 15 is 0 Å². The number of aryl methyl sites for hydroxylation is 1. The molecule has 0 fully saturated rings. The summed E-state index contributed by atoms with van der Waals surface area (Å²) < 4.78 is 15.6. The van der Waals surface area contributed by atoms with Crippen LogP contribution < -0.4 is 14.8 Å². The number of esters is 1. The lowest BCUT2D eigenvalue weighted by atomic mass is 10.1. The summed E-state index contributed by atoms with van der Waals surface area (Å²) in [7, 11) is 1.33. The Morgan fingerprint density at radius 3 is 2.52 bits per heavy atom. The molecule has 0 spiro atoms. The monoisotopic (exact) mass is 402 g/mol. The Morgan fingerprint density at radius 2 is 1.93 bits per heavy atom. The van der Waals surface area contributed by atoms with Gasteiger partial charge in [-0.05, 0) is 38.5 Å². The van der Waals surface area contributed by atoms with E-state index in [1.54, 1.807) is 25.1 Å². The summed E-state index contributed by atoms with van der Waals surface area (Å²) in [5.74, 6) is -1.32. The third-order valence-electron chi connectivity index (χ3n) is 3.94. The molecule has 9 heteroatoms. The third-order valence-corrected chi connectivity index (χ3v) is 3.94.